The van der Waals surface area contributed by atoms with Crippen LogP contribution in [0.15, 0.2) is 61.2 Å². The Balaban J connectivity index is 1.50. The zero-order chi connectivity index (χ0) is 21.0. The lowest BCUT2D eigenvalue weighted by molar-refractivity contribution is 0.0647. The first-order valence-corrected chi connectivity index (χ1v) is 10.1. The van der Waals surface area contributed by atoms with E-state index in [4.69, 9.17) is 11.6 Å². The smallest absolute Gasteiger partial charge is 0.256 e. The summed E-state index contributed by atoms with van der Waals surface area (Å²) in [5.74, 6) is -0.0882. The van der Waals surface area contributed by atoms with E-state index in [1.807, 2.05) is 24.3 Å². The van der Waals surface area contributed by atoms with Crippen molar-refractivity contribution in [2.24, 2.45) is 5.41 Å². The van der Waals surface area contributed by atoms with Crippen molar-refractivity contribution in [1.29, 1.82) is 5.26 Å². The van der Waals surface area contributed by atoms with Gasteiger partial charge in [0.1, 0.15) is 12.0 Å². The molecule has 0 unspecified atom stereocenters. The number of likely N-dealkylation sites (tertiary alicyclic amines) is 1. The molecule has 0 saturated carbocycles. The quantitative estimate of drug-likeness (QED) is 0.635. The van der Waals surface area contributed by atoms with E-state index < -0.39 is 5.41 Å². The number of hydrogen-bond acceptors (Lipinski definition) is 5. The Bertz CT molecular complexity index is 1070. The molecule has 0 bridgehead atoms. The van der Waals surface area contributed by atoms with Gasteiger partial charge in [-0.25, -0.2) is 9.97 Å². The average molecular weight is 418 g/mol. The Morgan fingerprint density at radius 2 is 1.87 bits per heavy atom. The van der Waals surface area contributed by atoms with Gasteiger partial charge in [0.15, 0.2) is 0 Å². The van der Waals surface area contributed by atoms with Crippen molar-refractivity contribution in [3.8, 4) is 17.5 Å². The highest BCUT2D eigenvalue weighted by atomic mass is 35.5. The SMILES string of the molecule is N#CC1(Cc2ccc(Cl)cc2)CCN(C(=O)c2cccnc2-c2ccncn2)CC1. The van der Waals surface area contributed by atoms with Crippen LogP contribution in [0.3, 0.4) is 0 Å². The molecule has 1 fully saturated rings. The van der Waals surface area contributed by atoms with Crippen LogP contribution in [0.2, 0.25) is 5.02 Å². The van der Waals surface area contributed by atoms with Crippen molar-refractivity contribution in [3.63, 3.8) is 0 Å². The topological polar surface area (TPSA) is 82.8 Å². The van der Waals surface area contributed by atoms with E-state index in [1.165, 1.54) is 6.33 Å². The molecule has 1 amide bonds. The fourth-order valence-electron chi connectivity index (χ4n) is 3.84. The first kappa shape index (κ1) is 20.0. The van der Waals surface area contributed by atoms with Gasteiger partial charge in [0.25, 0.3) is 5.91 Å². The van der Waals surface area contributed by atoms with Crippen LogP contribution in [-0.2, 0) is 6.42 Å². The monoisotopic (exact) mass is 417 g/mol. The number of nitrogens with zero attached hydrogens (tertiary/aromatic N) is 5. The number of hydrogen-bond donors (Lipinski definition) is 0. The van der Waals surface area contributed by atoms with E-state index in [2.05, 4.69) is 21.0 Å². The molecule has 1 saturated heterocycles. The second-order valence-corrected chi connectivity index (χ2v) is 7.92. The number of rotatable bonds is 4. The average Bonchev–Trinajstić information content (AvgIpc) is 2.81. The number of nitriles is 1. The first-order chi connectivity index (χ1) is 14.6. The van der Waals surface area contributed by atoms with E-state index in [0.29, 0.717) is 54.3 Å². The Hall–Kier alpha value is -3.30. The molecule has 1 aliphatic heterocycles. The lowest BCUT2D eigenvalue weighted by Gasteiger charge is -2.37. The molecule has 0 aliphatic carbocycles. The third kappa shape index (κ3) is 4.17. The third-order valence-corrected chi connectivity index (χ3v) is 5.82. The van der Waals surface area contributed by atoms with Crippen LogP contribution in [0.5, 0.6) is 0 Å². The molecule has 0 atom stereocenters. The van der Waals surface area contributed by atoms with Crippen LogP contribution >= 0.6 is 11.6 Å². The molecule has 2 aromatic heterocycles. The van der Waals surface area contributed by atoms with Crippen LogP contribution in [0.4, 0.5) is 0 Å². The molecule has 1 aromatic carbocycles. The van der Waals surface area contributed by atoms with E-state index >= 15 is 0 Å². The fourth-order valence-corrected chi connectivity index (χ4v) is 3.97. The van der Waals surface area contributed by atoms with Gasteiger partial charge < -0.3 is 4.90 Å². The predicted molar refractivity (Wildman–Crippen MR) is 114 cm³/mol. The van der Waals surface area contributed by atoms with Crippen molar-refractivity contribution in [2.45, 2.75) is 19.3 Å². The largest absolute Gasteiger partial charge is 0.338 e. The molecule has 150 valence electrons. The number of amides is 1. The van der Waals surface area contributed by atoms with Crippen LogP contribution in [0, 0.1) is 16.7 Å². The Morgan fingerprint density at radius 1 is 1.10 bits per heavy atom. The van der Waals surface area contributed by atoms with Gasteiger partial charge in [-0.05, 0) is 55.2 Å². The van der Waals surface area contributed by atoms with Gasteiger partial charge in [0.05, 0.1) is 22.7 Å². The second kappa shape index (κ2) is 8.60. The standard InChI is InChI=1S/C23H20ClN5O/c24-18-5-3-17(4-6-18)14-23(15-25)8-12-29(13-9-23)22(30)19-2-1-10-27-21(19)20-7-11-26-16-28-20/h1-7,10-11,16H,8-9,12-14H2. The van der Waals surface area contributed by atoms with E-state index in [-0.39, 0.29) is 5.91 Å². The lowest BCUT2D eigenvalue weighted by Crippen LogP contribution is -2.43. The molecule has 3 aromatic rings. The highest BCUT2D eigenvalue weighted by Crippen LogP contribution is 2.35. The minimum atomic E-state index is -0.477. The summed E-state index contributed by atoms with van der Waals surface area (Å²) in [7, 11) is 0. The third-order valence-electron chi connectivity index (χ3n) is 5.56. The second-order valence-electron chi connectivity index (χ2n) is 7.48. The van der Waals surface area contributed by atoms with E-state index in [0.717, 1.165) is 5.56 Å². The van der Waals surface area contributed by atoms with Crippen LogP contribution in [-0.4, -0.2) is 38.8 Å². The number of benzene rings is 1. The molecule has 0 spiro atoms. The normalized spacial score (nSPS) is 15.4. The summed E-state index contributed by atoms with van der Waals surface area (Å²) in [6.07, 6.45) is 6.63. The minimum Gasteiger partial charge on any atom is -0.338 e. The molecule has 0 radical (unpaired) electrons. The van der Waals surface area contributed by atoms with Crippen molar-refractivity contribution in [3.05, 3.63) is 77.3 Å². The Morgan fingerprint density at radius 3 is 2.53 bits per heavy atom. The molecule has 7 heteroatoms. The number of piperidine rings is 1. The number of carbonyl (C=O) groups excluding carboxylic acids is 1. The van der Waals surface area contributed by atoms with Gasteiger partial charge in [-0.3, -0.25) is 9.78 Å². The van der Waals surface area contributed by atoms with Gasteiger partial charge >= 0.3 is 0 Å². The van der Waals surface area contributed by atoms with Crippen molar-refractivity contribution in [1.82, 2.24) is 19.9 Å². The summed E-state index contributed by atoms with van der Waals surface area (Å²) in [5, 5.41) is 10.6. The molecule has 3 heterocycles. The summed E-state index contributed by atoms with van der Waals surface area (Å²) in [6.45, 7) is 1.05. The fraction of sp³-hybridized carbons (Fsp3) is 0.261. The maximum atomic E-state index is 13.2. The van der Waals surface area contributed by atoms with E-state index in [1.54, 1.807) is 35.5 Å². The summed E-state index contributed by atoms with van der Waals surface area (Å²) in [5.41, 5.74) is 2.27. The Labute approximate surface area is 180 Å². The van der Waals surface area contributed by atoms with Crippen LogP contribution in [0.1, 0.15) is 28.8 Å². The maximum absolute atomic E-state index is 13.2. The van der Waals surface area contributed by atoms with Crippen molar-refractivity contribution >= 4 is 17.5 Å². The molecule has 6 nitrogen and oxygen atoms in total. The summed E-state index contributed by atoms with van der Waals surface area (Å²) in [4.78, 5) is 27.6. The molecular formula is C23H20ClN5O. The molecule has 30 heavy (non-hydrogen) atoms. The van der Waals surface area contributed by atoms with Gasteiger partial charge in [0, 0.05) is 30.5 Å². The maximum Gasteiger partial charge on any atom is 0.256 e. The number of pyridine rings is 1. The first-order valence-electron chi connectivity index (χ1n) is 9.77. The Kier molecular flexibility index (Phi) is 5.73. The zero-order valence-corrected chi connectivity index (χ0v) is 17.1. The molecule has 0 N–H and O–H groups in total. The summed E-state index contributed by atoms with van der Waals surface area (Å²) >= 11 is 5.97. The number of halogens is 1. The zero-order valence-electron chi connectivity index (χ0n) is 16.3. The van der Waals surface area contributed by atoms with Crippen molar-refractivity contribution < 1.29 is 4.79 Å². The van der Waals surface area contributed by atoms with E-state index in [9.17, 15) is 10.1 Å². The van der Waals surface area contributed by atoms with Gasteiger partial charge in [-0.1, -0.05) is 23.7 Å². The molecule has 1 aliphatic rings. The summed E-state index contributed by atoms with van der Waals surface area (Å²) < 4.78 is 0. The lowest BCUT2D eigenvalue weighted by atomic mass is 9.75. The predicted octanol–water partition coefficient (Wildman–Crippen LogP) is 4.18. The van der Waals surface area contributed by atoms with Crippen molar-refractivity contribution in [2.75, 3.05) is 13.1 Å². The molecular weight excluding hydrogens is 398 g/mol. The highest BCUT2D eigenvalue weighted by Gasteiger charge is 2.37. The minimum absolute atomic E-state index is 0.0882. The van der Waals surface area contributed by atoms with Crippen LogP contribution < -0.4 is 0 Å². The van der Waals surface area contributed by atoms with Gasteiger partial charge in [-0.2, -0.15) is 5.26 Å². The number of aromatic nitrogens is 3. The van der Waals surface area contributed by atoms with Crippen LogP contribution in [0.25, 0.3) is 11.4 Å². The number of carbonyl (C=O) groups is 1. The highest BCUT2D eigenvalue weighted by molar-refractivity contribution is 6.30. The van der Waals surface area contributed by atoms with Gasteiger partial charge in [0.2, 0.25) is 0 Å². The molecule has 4 rings (SSSR count). The van der Waals surface area contributed by atoms with Gasteiger partial charge in [-0.15, -0.1) is 0 Å². The summed E-state index contributed by atoms with van der Waals surface area (Å²) in [6, 6.07) is 15.4.